The van der Waals surface area contributed by atoms with Crippen molar-refractivity contribution in [1.29, 1.82) is 0 Å². The quantitative estimate of drug-likeness (QED) is 0.803. The first-order valence-corrected chi connectivity index (χ1v) is 7.39. The van der Waals surface area contributed by atoms with Crippen LogP contribution in [0.5, 0.6) is 0 Å². The summed E-state index contributed by atoms with van der Waals surface area (Å²) >= 11 is 0. The van der Waals surface area contributed by atoms with Crippen LogP contribution in [0.25, 0.3) is 0 Å². The minimum Gasteiger partial charge on any atom is -0.367 e. The zero-order chi connectivity index (χ0) is 15.1. The Hall–Kier alpha value is -1.10. The molecule has 2 rings (SSSR count). The Bertz CT molecular complexity index is 417. The van der Waals surface area contributed by atoms with Gasteiger partial charge in [0.2, 0.25) is 11.8 Å². The van der Waals surface area contributed by atoms with Gasteiger partial charge in [0, 0.05) is 6.42 Å². The van der Waals surface area contributed by atoms with Crippen LogP contribution in [-0.2, 0) is 14.3 Å². The van der Waals surface area contributed by atoms with E-state index >= 15 is 0 Å². The molecule has 1 unspecified atom stereocenters. The van der Waals surface area contributed by atoms with Crippen molar-refractivity contribution in [2.24, 2.45) is 5.92 Å². The van der Waals surface area contributed by atoms with E-state index in [0.717, 1.165) is 6.42 Å². The van der Waals surface area contributed by atoms with Crippen LogP contribution in [-0.4, -0.2) is 35.1 Å². The van der Waals surface area contributed by atoms with Crippen molar-refractivity contribution < 1.29 is 14.3 Å². The van der Waals surface area contributed by atoms with Gasteiger partial charge in [0.15, 0.2) is 0 Å². The molecule has 2 saturated heterocycles. The molecule has 114 valence electrons. The van der Waals surface area contributed by atoms with Crippen molar-refractivity contribution in [3.05, 3.63) is 0 Å². The van der Waals surface area contributed by atoms with Gasteiger partial charge in [-0.2, -0.15) is 0 Å². The Morgan fingerprint density at radius 1 is 1.35 bits per heavy atom. The Balaban J connectivity index is 1.99. The van der Waals surface area contributed by atoms with E-state index in [2.05, 4.69) is 10.6 Å². The normalized spacial score (nSPS) is 35.5. The predicted molar refractivity (Wildman–Crippen MR) is 76.1 cm³/mol. The van der Waals surface area contributed by atoms with Crippen LogP contribution in [0.4, 0.5) is 0 Å². The summed E-state index contributed by atoms with van der Waals surface area (Å²) in [5.74, 6) is 0.124. The van der Waals surface area contributed by atoms with E-state index < -0.39 is 6.04 Å². The van der Waals surface area contributed by atoms with E-state index in [1.165, 1.54) is 0 Å². The largest absolute Gasteiger partial charge is 0.367 e. The number of rotatable bonds is 2. The monoisotopic (exact) mass is 282 g/mol. The molecule has 5 heteroatoms. The summed E-state index contributed by atoms with van der Waals surface area (Å²) in [5, 5.41) is 5.83. The first kappa shape index (κ1) is 15.3. The number of hydrogen-bond donors (Lipinski definition) is 2. The summed E-state index contributed by atoms with van der Waals surface area (Å²) in [7, 11) is 0. The maximum absolute atomic E-state index is 12.4. The molecule has 0 aromatic rings. The second kappa shape index (κ2) is 5.02. The van der Waals surface area contributed by atoms with E-state index in [9.17, 15) is 9.59 Å². The average molecular weight is 282 g/mol. The molecule has 2 aliphatic heterocycles. The Kier molecular flexibility index (Phi) is 3.84. The molecule has 2 amide bonds. The predicted octanol–water partition coefficient (Wildman–Crippen LogP) is 1.36. The third kappa shape index (κ3) is 3.32. The number of ether oxygens (including phenoxy) is 1. The molecule has 2 heterocycles. The Morgan fingerprint density at radius 3 is 2.50 bits per heavy atom. The van der Waals surface area contributed by atoms with Crippen LogP contribution < -0.4 is 10.6 Å². The Morgan fingerprint density at radius 2 is 2.00 bits per heavy atom. The minimum absolute atomic E-state index is 0.0286. The topological polar surface area (TPSA) is 67.4 Å². The summed E-state index contributed by atoms with van der Waals surface area (Å²) in [5.41, 5.74) is -0.617. The van der Waals surface area contributed by atoms with Gasteiger partial charge in [0.1, 0.15) is 6.04 Å². The van der Waals surface area contributed by atoms with E-state index in [1.807, 2.05) is 34.6 Å². The van der Waals surface area contributed by atoms with Crippen LogP contribution in [0.3, 0.4) is 0 Å². The van der Waals surface area contributed by atoms with Crippen molar-refractivity contribution in [1.82, 2.24) is 10.6 Å². The molecule has 0 aliphatic carbocycles. The highest BCUT2D eigenvalue weighted by molar-refractivity contribution is 5.89. The lowest BCUT2D eigenvalue weighted by Gasteiger charge is -2.31. The summed E-state index contributed by atoms with van der Waals surface area (Å²) in [6, 6.07) is -0.440. The molecule has 0 radical (unpaired) electrons. The number of amides is 2. The van der Waals surface area contributed by atoms with Gasteiger partial charge >= 0.3 is 0 Å². The molecule has 0 bridgehead atoms. The van der Waals surface area contributed by atoms with Crippen molar-refractivity contribution in [2.45, 2.75) is 77.2 Å². The van der Waals surface area contributed by atoms with Gasteiger partial charge in [-0.3, -0.25) is 9.59 Å². The van der Waals surface area contributed by atoms with Crippen LogP contribution in [0, 0.1) is 5.92 Å². The molecule has 0 aromatic carbocycles. The van der Waals surface area contributed by atoms with Gasteiger partial charge in [-0.05, 0) is 46.5 Å². The zero-order valence-electron chi connectivity index (χ0n) is 13.1. The van der Waals surface area contributed by atoms with Crippen LogP contribution in [0.2, 0.25) is 0 Å². The van der Waals surface area contributed by atoms with Crippen molar-refractivity contribution in [3.63, 3.8) is 0 Å². The molecule has 2 fully saturated rings. The minimum atomic E-state index is -0.411. The van der Waals surface area contributed by atoms with Crippen molar-refractivity contribution in [2.75, 3.05) is 0 Å². The third-order valence-corrected chi connectivity index (χ3v) is 4.21. The lowest BCUT2D eigenvalue weighted by atomic mass is 9.91. The SMILES string of the molecule is C[C@@H]1CC(=O)N[C@H](C(=O)NC2CC(C)(C)OC2(C)C)C1. The highest BCUT2D eigenvalue weighted by Crippen LogP contribution is 2.37. The summed E-state index contributed by atoms with van der Waals surface area (Å²) in [4.78, 5) is 23.9. The summed E-state index contributed by atoms with van der Waals surface area (Å²) < 4.78 is 5.98. The number of carbonyl (C=O) groups is 2. The van der Waals surface area contributed by atoms with E-state index in [4.69, 9.17) is 4.74 Å². The van der Waals surface area contributed by atoms with Gasteiger partial charge in [-0.15, -0.1) is 0 Å². The summed E-state index contributed by atoms with van der Waals surface area (Å²) in [6.45, 7) is 10.1. The molecule has 2 N–H and O–H groups in total. The van der Waals surface area contributed by atoms with Crippen molar-refractivity contribution >= 4 is 11.8 Å². The number of hydrogen-bond acceptors (Lipinski definition) is 3. The van der Waals surface area contributed by atoms with Gasteiger partial charge in [0.05, 0.1) is 17.2 Å². The smallest absolute Gasteiger partial charge is 0.242 e. The maximum Gasteiger partial charge on any atom is 0.242 e. The Labute approximate surface area is 120 Å². The fourth-order valence-corrected chi connectivity index (χ4v) is 3.35. The third-order valence-electron chi connectivity index (χ3n) is 4.21. The number of nitrogens with one attached hydrogen (secondary N) is 2. The molecular weight excluding hydrogens is 256 g/mol. The van der Waals surface area contributed by atoms with E-state index in [1.54, 1.807) is 0 Å². The lowest BCUT2D eigenvalue weighted by Crippen LogP contribution is -2.55. The zero-order valence-corrected chi connectivity index (χ0v) is 13.1. The molecule has 0 aromatic heterocycles. The lowest BCUT2D eigenvalue weighted by molar-refractivity contribution is -0.133. The highest BCUT2D eigenvalue weighted by atomic mass is 16.5. The van der Waals surface area contributed by atoms with Crippen LogP contribution in [0.15, 0.2) is 0 Å². The molecule has 5 nitrogen and oxygen atoms in total. The summed E-state index contributed by atoms with van der Waals surface area (Å²) in [6.07, 6.45) is 1.99. The fourth-order valence-electron chi connectivity index (χ4n) is 3.35. The van der Waals surface area contributed by atoms with Gasteiger partial charge in [-0.25, -0.2) is 0 Å². The first-order valence-electron chi connectivity index (χ1n) is 7.39. The fraction of sp³-hybridized carbons (Fsp3) is 0.867. The highest BCUT2D eigenvalue weighted by Gasteiger charge is 2.47. The second-order valence-corrected chi connectivity index (χ2v) is 7.40. The maximum atomic E-state index is 12.4. The molecule has 2 aliphatic rings. The average Bonchev–Trinajstić information content (AvgIpc) is 2.44. The molecule has 0 spiro atoms. The van der Waals surface area contributed by atoms with E-state index in [-0.39, 0.29) is 35.0 Å². The first-order chi connectivity index (χ1) is 9.09. The molecule has 0 saturated carbocycles. The number of piperidine rings is 1. The standard InChI is InChI=1S/C15H26N2O3/c1-9-6-10(16-12(18)7-9)13(19)17-11-8-14(2,3)20-15(11,4)5/h9-11H,6-8H2,1-5H3,(H,16,18)(H,17,19)/t9-,10-,11?/m0/s1. The van der Waals surface area contributed by atoms with Gasteiger partial charge in [0.25, 0.3) is 0 Å². The molecule has 20 heavy (non-hydrogen) atoms. The number of carbonyl (C=O) groups excluding carboxylic acids is 2. The van der Waals surface area contributed by atoms with Crippen LogP contribution >= 0.6 is 0 Å². The molecular formula is C15H26N2O3. The second-order valence-electron chi connectivity index (χ2n) is 7.40. The molecule has 3 atom stereocenters. The van der Waals surface area contributed by atoms with Gasteiger partial charge < -0.3 is 15.4 Å². The van der Waals surface area contributed by atoms with Crippen LogP contribution in [0.1, 0.15) is 53.9 Å². The van der Waals surface area contributed by atoms with E-state index in [0.29, 0.717) is 12.8 Å². The van der Waals surface area contributed by atoms with Crippen molar-refractivity contribution in [3.8, 4) is 0 Å². The van der Waals surface area contributed by atoms with Gasteiger partial charge in [-0.1, -0.05) is 6.92 Å².